The van der Waals surface area contributed by atoms with E-state index in [1.807, 2.05) is 31.2 Å². The molecule has 3 heterocycles. The smallest absolute Gasteiger partial charge is 0.246 e. The normalized spacial score (nSPS) is 19.5. The summed E-state index contributed by atoms with van der Waals surface area (Å²) in [7, 11) is 1.63. The van der Waals surface area contributed by atoms with Gasteiger partial charge >= 0.3 is 0 Å². The van der Waals surface area contributed by atoms with Crippen LogP contribution < -0.4 is 10.1 Å². The fraction of sp³-hybridized carbons (Fsp3) is 0.389. The van der Waals surface area contributed by atoms with Gasteiger partial charge in [-0.2, -0.15) is 4.98 Å². The third-order valence-electron chi connectivity index (χ3n) is 4.29. The van der Waals surface area contributed by atoms with Crippen molar-refractivity contribution >= 4 is 12.4 Å². The lowest BCUT2D eigenvalue weighted by Crippen LogP contribution is -2.40. The van der Waals surface area contributed by atoms with Crippen LogP contribution in [0.5, 0.6) is 5.75 Å². The van der Waals surface area contributed by atoms with E-state index < -0.39 is 0 Å². The van der Waals surface area contributed by atoms with Gasteiger partial charge in [-0.3, -0.25) is 0 Å². The maximum Gasteiger partial charge on any atom is 0.246 e. The van der Waals surface area contributed by atoms with Gasteiger partial charge in [0.15, 0.2) is 5.82 Å². The van der Waals surface area contributed by atoms with Crippen molar-refractivity contribution in [2.45, 2.75) is 25.5 Å². The van der Waals surface area contributed by atoms with Gasteiger partial charge in [-0.05, 0) is 31.2 Å². The molecule has 9 heteroatoms. The number of morpholine rings is 1. The van der Waals surface area contributed by atoms with Crippen molar-refractivity contribution in [1.82, 2.24) is 20.4 Å². The number of oxazole rings is 1. The number of rotatable bonds is 5. The lowest BCUT2D eigenvalue weighted by molar-refractivity contribution is -0.00136. The summed E-state index contributed by atoms with van der Waals surface area (Å²) < 4.78 is 21.7. The molecule has 0 saturated carbocycles. The Kier molecular flexibility index (Phi) is 6.10. The van der Waals surface area contributed by atoms with Crippen LogP contribution in [0.15, 0.2) is 39.5 Å². The molecule has 1 fully saturated rings. The number of hydrogen-bond acceptors (Lipinski definition) is 8. The highest BCUT2D eigenvalue weighted by Crippen LogP contribution is 2.23. The monoisotopic (exact) mass is 392 g/mol. The van der Waals surface area contributed by atoms with Gasteiger partial charge in [0.2, 0.25) is 11.8 Å². The number of methoxy groups -OCH3 is 1. The van der Waals surface area contributed by atoms with Crippen molar-refractivity contribution in [3.05, 3.63) is 47.9 Å². The first-order chi connectivity index (χ1) is 12.7. The molecule has 0 spiro atoms. The summed E-state index contributed by atoms with van der Waals surface area (Å²) in [6.07, 6.45) is 2.04. The Morgan fingerprint density at radius 3 is 2.78 bits per heavy atom. The van der Waals surface area contributed by atoms with Crippen molar-refractivity contribution in [2.75, 3.05) is 20.3 Å². The molecule has 1 aliphatic rings. The quantitative estimate of drug-likeness (QED) is 0.708. The van der Waals surface area contributed by atoms with Crippen LogP contribution in [0, 0.1) is 0 Å². The molecule has 0 bridgehead atoms. The van der Waals surface area contributed by atoms with Crippen LogP contribution in [-0.4, -0.2) is 41.5 Å². The highest BCUT2D eigenvalue weighted by molar-refractivity contribution is 5.85. The van der Waals surface area contributed by atoms with Crippen molar-refractivity contribution in [3.63, 3.8) is 0 Å². The van der Waals surface area contributed by atoms with Gasteiger partial charge in [-0.15, -0.1) is 12.4 Å². The minimum atomic E-state index is -0.0860. The Morgan fingerprint density at radius 2 is 2.04 bits per heavy atom. The van der Waals surface area contributed by atoms with Crippen LogP contribution in [0.4, 0.5) is 0 Å². The largest absolute Gasteiger partial charge is 0.497 e. The summed E-state index contributed by atoms with van der Waals surface area (Å²) in [6, 6.07) is 7.45. The molecule has 8 nitrogen and oxygen atoms in total. The average molecular weight is 393 g/mol. The second-order valence-electron chi connectivity index (χ2n) is 6.11. The molecule has 0 unspecified atom stereocenters. The number of halogens is 1. The Balaban J connectivity index is 0.00000210. The molecule has 2 atom stereocenters. The molecular weight excluding hydrogens is 372 g/mol. The summed E-state index contributed by atoms with van der Waals surface area (Å²) in [5.74, 6) is 2.43. The maximum atomic E-state index is 5.61. The molecule has 0 amide bonds. The molecule has 4 rings (SSSR count). The standard InChI is InChI=1S/C18H20N4O4.ClH/c1-11-16(19-7-8-24-11)18-21-15(22-26-18)9-13-10-25-17(20-13)12-3-5-14(23-2)6-4-12;/h3-6,10-11,16,19H,7-9H2,1-2H3;1H/t11-,16+;/m1./s1. The Hall–Kier alpha value is -2.42. The molecule has 3 aromatic rings. The second-order valence-corrected chi connectivity index (χ2v) is 6.11. The first-order valence-electron chi connectivity index (χ1n) is 8.49. The van der Waals surface area contributed by atoms with Crippen molar-refractivity contribution in [1.29, 1.82) is 0 Å². The summed E-state index contributed by atoms with van der Waals surface area (Å²) >= 11 is 0. The Bertz CT molecular complexity index is 864. The van der Waals surface area contributed by atoms with Crippen molar-refractivity contribution in [2.24, 2.45) is 0 Å². The second kappa shape index (κ2) is 8.51. The number of nitrogens with zero attached hydrogens (tertiary/aromatic N) is 3. The van der Waals surface area contributed by atoms with E-state index in [9.17, 15) is 0 Å². The van der Waals surface area contributed by atoms with Gasteiger partial charge < -0.3 is 23.7 Å². The Labute approximate surface area is 162 Å². The number of hydrogen-bond donors (Lipinski definition) is 1. The van der Waals surface area contributed by atoms with Crippen LogP contribution in [-0.2, 0) is 11.2 Å². The zero-order chi connectivity index (χ0) is 17.9. The van der Waals surface area contributed by atoms with Gasteiger partial charge in [-0.25, -0.2) is 4.98 Å². The van der Waals surface area contributed by atoms with Crippen LogP contribution in [0.2, 0.25) is 0 Å². The molecule has 144 valence electrons. The summed E-state index contributed by atoms with van der Waals surface area (Å²) in [6.45, 7) is 3.44. The van der Waals surface area contributed by atoms with E-state index in [1.54, 1.807) is 13.4 Å². The summed E-state index contributed by atoms with van der Waals surface area (Å²) in [5, 5.41) is 7.38. The molecule has 0 aliphatic carbocycles. The van der Waals surface area contributed by atoms with E-state index in [4.69, 9.17) is 18.4 Å². The molecule has 1 saturated heterocycles. The molecule has 27 heavy (non-hydrogen) atoms. The molecule has 1 aliphatic heterocycles. The number of nitrogens with one attached hydrogen (secondary N) is 1. The fourth-order valence-electron chi connectivity index (χ4n) is 2.89. The molecule has 2 aromatic heterocycles. The predicted octanol–water partition coefficient (Wildman–Crippen LogP) is 2.80. The number of benzene rings is 1. The minimum Gasteiger partial charge on any atom is -0.497 e. The lowest BCUT2D eigenvalue weighted by atomic mass is 10.1. The minimum absolute atomic E-state index is 0. The van der Waals surface area contributed by atoms with E-state index in [-0.39, 0.29) is 24.6 Å². The van der Waals surface area contributed by atoms with E-state index in [2.05, 4.69) is 20.4 Å². The molecule has 0 radical (unpaired) electrons. The molecule has 1 N–H and O–H groups in total. The van der Waals surface area contributed by atoms with E-state index in [0.717, 1.165) is 23.6 Å². The highest BCUT2D eigenvalue weighted by Gasteiger charge is 2.28. The average Bonchev–Trinajstić information content (AvgIpc) is 3.32. The summed E-state index contributed by atoms with van der Waals surface area (Å²) in [4.78, 5) is 8.96. The SMILES string of the molecule is COc1ccc(-c2nc(Cc3noc([C@H]4NCCO[C@@H]4C)n3)co2)cc1.Cl. The van der Waals surface area contributed by atoms with Crippen LogP contribution in [0.25, 0.3) is 11.5 Å². The van der Waals surface area contributed by atoms with Gasteiger partial charge in [0, 0.05) is 12.1 Å². The first-order valence-corrected chi connectivity index (χ1v) is 8.49. The van der Waals surface area contributed by atoms with Crippen molar-refractivity contribution < 1.29 is 18.4 Å². The van der Waals surface area contributed by atoms with Gasteiger partial charge in [-0.1, -0.05) is 5.16 Å². The van der Waals surface area contributed by atoms with Crippen LogP contribution in [0.3, 0.4) is 0 Å². The maximum absolute atomic E-state index is 5.61. The highest BCUT2D eigenvalue weighted by atomic mass is 35.5. The summed E-state index contributed by atoms with van der Waals surface area (Å²) in [5.41, 5.74) is 1.62. The third-order valence-corrected chi connectivity index (χ3v) is 4.29. The van der Waals surface area contributed by atoms with Gasteiger partial charge in [0.1, 0.15) is 18.1 Å². The van der Waals surface area contributed by atoms with Crippen LogP contribution in [0.1, 0.15) is 30.4 Å². The van der Waals surface area contributed by atoms with E-state index >= 15 is 0 Å². The zero-order valence-electron chi connectivity index (χ0n) is 15.0. The lowest BCUT2D eigenvalue weighted by Gasteiger charge is -2.27. The van der Waals surface area contributed by atoms with Crippen LogP contribution >= 0.6 is 12.4 Å². The number of aromatic nitrogens is 3. The molecular formula is C18H21ClN4O4. The predicted molar refractivity (Wildman–Crippen MR) is 99.0 cm³/mol. The van der Waals surface area contributed by atoms with Crippen molar-refractivity contribution in [3.8, 4) is 17.2 Å². The third kappa shape index (κ3) is 4.29. The van der Waals surface area contributed by atoms with Gasteiger partial charge in [0.25, 0.3) is 0 Å². The fourth-order valence-corrected chi connectivity index (χ4v) is 2.89. The number of ether oxygens (including phenoxy) is 2. The first kappa shape index (κ1) is 19.3. The Morgan fingerprint density at radius 1 is 1.22 bits per heavy atom. The zero-order valence-corrected chi connectivity index (χ0v) is 15.9. The topological polar surface area (TPSA) is 95.4 Å². The van der Waals surface area contributed by atoms with Gasteiger partial charge in [0.05, 0.1) is 31.9 Å². The molecule has 1 aromatic carbocycles. The van der Waals surface area contributed by atoms with E-state index in [0.29, 0.717) is 30.6 Å². The van der Waals surface area contributed by atoms with E-state index in [1.165, 1.54) is 0 Å².